The molecule has 98 valence electrons. The minimum Gasteiger partial charge on any atom is -0.497 e. The first kappa shape index (κ1) is 12.8. The molecule has 1 saturated heterocycles. The number of urea groups is 1. The Balaban J connectivity index is 2.38. The molecule has 6 nitrogen and oxygen atoms in total. The van der Waals surface area contributed by atoms with Crippen molar-refractivity contribution in [3.63, 3.8) is 0 Å². The predicted octanol–water partition coefficient (Wildman–Crippen LogP) is 0.787. The molecule has 0 radical (unpaired) electrons. The summed E-state index contributed by atoms with van der Waals surface area (Å²) >= 11 is 0. The fraction of sp³-hybridized carbons (Fsp3) is 0.154. The van der Waals surface area contributed by atoms with Crippen molar-refractivity contribution >= 4 is 23.9 Å². The quantitative estimate of drug-likeness (QED) is 0.630. The second-order valence-electron chi connectivity index (χ2n) is 3.96. The van der Waals surface area contributed by atoms with Gasteiger partial charge in [0.1, 0.15) is 11.3 Å². The van der Waals surface area contributed by atoms with E-state index in [0.717, 1.165) is 4.90 Å². The van der Waals surface area contributed by atoms with Gasteiger partial charge in [-0.1, -0.05) is 12.1 Å². The number of hydrogen-bond donors (Lipinski definition) is 1. The molecule has 1 aliphatic rings. The maximum Gasteiger partial charge on any atom is 0.331 e. The number of barbiturate groups is 1. The van der Waals surface area contributed by atoms with E-state index < -0.39 is 17.8 Å². The molecule has 1 N–H and O–H groups in total. The molecule has 1 aliphatic heterocycles. The van der Waals surface area contributed by atoms with Crippen LogP contribution in [0.2, 0.25) is 0 Å². The van der Waals surface area contributed by atoms with Crippen molar-refractivity contribution in [2.45, 2.75) is 0 Å². The lowest BCUT2D eigenvalue weighted by molar-refractivity contribution is -0.129. The third-order valence-corrected chi connectivity index (χ3v) is 2.71. The summed E-state index contributed by atoms with van der Waals surface area (Å²) in [5.41, 5.74) is 0.552. The zero-order chi connectivity index (χ0) is 14.0. The molecule has 4 amide bonds. The number of rotatable bonds is 2. The van der Waals surface area contributed by atoms with Crippen LogP contribution in [0.3, 0.4) is 0 Å². The first-order valence-electron chi connectivity index (χ1n) is 5.52. The molecular weight excluding hydrogens is 248 g/mol. The van der Waals surface area contributed by atoms with Crippen molar-refractivity contribution in [1.82, 2.24) is 10.2 Å². The zero-order valence-corrected chi connectivity index (χ0v) is 10.5. The van der Waals surface area contributed by atoms with Gasteiger partial charge in [0.15, 0.2) is 0 Å². The number of likely N-dealkylation sites (N-methyl/N-ethyl adjacent to an activating group) is 1. The summed E-state index contributed by atoms with van der Waals surface area (Å²) in [7, 11) is 2.83. The van der Waals surface area contributed by atoms with Crippen molar-refractivity contribution < 1.29 is 19.1 Å². The normalized spacial score (nSPS) is 17.7. The van der Waals surface area contributed by atoms with E-state index in [9.17, 15) is 14.4 Å². The van der Waals surface area contributed by atoms with Crippen molar-refractivity contribution in [1.29, 1.82) is 0 Å². The summed E-state index contributed by atoms with van der Waals surface area (Å²) in [4.78, 5) is 35.6. The van der Waals surface area contributed by atoms with Crippen molar-refractivity contribution in [2.24, 2.45) is 0 Å². The van der Waals surface area contributed by atoms with E-state index in [1.54, 1.807) is 24.3 Å². The Hall–Kier alpha value is -2.63. The molecule has 0 spiro atoms. The van der Waals surface area contributed by atoms with Crippen molar-refractivity contribution in [2.75, 3.05) is 14.2 Å². The number of imide groups is 2. The second kappa shape index (κ2) is 4.93. The summed E-state index contributed by atoms with van der Waals surface area (Å²) in [6.07, 6.45) is 1.42. The van der Waals surface area contributed by atoms with Gasteiger partial charge < -0.3 is 4.74 Å². The highest BCUT2D eigenvalue weighted by atomic mass is 16.5. The average Bonchev–Trinajstić information content (AvgIpc) is 2.41. The average molecular weight is 260 g/mol. The van der Waals surface area contributed by atoms with E-state index in [-0.39, 0.29) is 5.57 Å². The van der Waals surface area contributed by atoms with Crippen LogP contribution >= 0.6 is 0 Å². The van der Waals surface area contributed by atoms with Gasteiger partial charge in [0.05, 0.1) is 7.11 Å². The Morgan fingerprint density at radius 1 is 1.26 bits per heavy atom. The number of hydrogen-bond acceptors (Lipinski definition) is 4. The maximum absolute atomic E-state index is 11.8. The Morgan fingerprint density at radius 2 is 2.00 bits per heavy atom. The topological polar surface area (TPSA) is 75.7 Å². The smallest absolute Gasteiger partial charge is 0.331 e. The minimum atomic E-state index is -0.724. The number of methoxy groups -OCH3 is 1. The van der Waals surface area contributed by atoms with Gasteiger partial charge in [-0.2, -0.15) is 0 Å². The predicted molar refractivity (Wildman–Crippen MR) is 67.3 cm³/mol. The van der Waals surface area contributed by atoms with Crippen LogP contribution in [-0.4, -0.2) is 36.9 Å². The Kier molecular flexibility index (Phi) is 3.33. The summed E-state index contributed by atoms with van der Waals surface area (Å²) in [6, 6.07) is 6.18. The van der Waals surface area contributed by atoms with E-state index in [1.165, 1.54) is 20.2 Å². The highest BCUT2D eigenvalue weighted by Gasteiger charge is 2.32. The van der Waals surface area contributed by atoms with Crippen LogP contribution < -0.4 is 10.1 Å². The van der Waals surface area contributed by atoms with Gasteiger partial charge in [-0.15, -0.1) is 0 Å². The molecule has 0 unspecified atom stereocenters. The Morgan fingerprint density at radius 3 is 2.68 bits per heavy atom. The van der Waals surface area contributed by atoms with E-state index in [2.05, 4.69) is 5.32 Å². The summed E-state index contributed by atoms with van der Waals surface area (Å²) in [6.45, 7) is 0. The summed E-state index contributed by atoms with van der Waals surface area (Å²) in [5, 5.41) is 2.09. The van der Waals surface area contributed by atoms with Crippen LogP contribution in [0.4, 0.5) is 4.79 Å². The standard InChI is InChI=1S/C13H12N2O4/c1-15-12(17)10(11(16)14-13(15)18)7-8-4-3-5-9(6-8)19-2/h3-7H,1-2H3,(H,14,16,18)/b10-7-. The fourth-order valence-electron chi connectivity index (χ4n) is 1.64. The largest absolute Gasteiger partial charge is 0.497 e. The molecular formula is C13H12N2O4. The number of carbonyl (C=O) groups is 3. The van der Waals surface area contributed by atoms with Gasteiger partial charge in [-0.3, -0.25) is 19.8 Å². The molecule has 1 aromatic rings. The number of benzene rings is 1. The molecule has 1 aromatic carbocycles. The van der Waals surface area contributed by atoms with Crippen LogP contribution in [0.5, 0.6) is 5.75 Å². The van der Waals surface area contributed by atoms with E-state index in [1.807, 2.05) is 0 Å². The molecule has 6 heteroatoms. The molecule has 1 heterocycles. The first-order chi connectivity index (χ1) is 9.02. The number of amides is 4. The van der Waals surface area contributed by atoms with Crippen LogP contribution in [0.1, 0.15) is 5.56 Å². The van der Waals surface area contributed by atoms with Gasteiger partial charge in [0.25, 0.3) is 11.8 Å². The monoisotopic (exact) mass is 260 g/mol. The fourth-order valence-corrected chi connectivity index (χ4v) is 1.64. The molecule has 0 atom stereocenters. The van der Waals surface area contributed by atoms with E-state index >= 15 is 0 Å². The Labute approximate surface area is 109 Å². The molecule has 0 aliphatic carbocycles. The van der Waals surface area contributed by atoms with Crippen LogP contribution in [0.25, 0.3) is 6.08 Å². The van der Waals surface area contributed by atoms with Gasteiger partial charge in [-0.25, -0.2) is 4.79 Å². The van der Waals surface area contributed by atoms with Crippen molar-refractivity contribution in [3.05, 3.63) is 35.4 Å². The van der Waals surface area contributed by atoms with Crippen molar-refractivity contribution in [3.8, 4) is 5.75 Å². The molecule has 19 heavy (non-hydrogen) atoms. The lowest BCUT2D eigenvalue weighted by Gasteiger charge is -2.22. The molecule has 1 fully saturated rings. The SMILES string of the molecule is COc1cccc(/C=C2/C(=O)NC(=O)N(C)C2=O)c1. The minimum absolute atomic E-state index is 0.0876. The molecule has 0 saturated carbocycles. The van der Waals surface area contributed by atoms with Gasteiger partial charge in [-0.05, 0) is 23.8 Å². The number of ether oxygens (including phenoxy) is 1. The number of carbonyl (C=O) groups excluding carboxylic acids is 3. The second-order valence-corrected chi connectivity index (χ2v) is 3.96. The van der Waals surface area contributed by atoms with Crippen LogP contribution in [0.15, 0.2) is 29.8 Å². The third-order valence-electron chi connectivity index (χ3n) is 2.71. The first-order valence-corrected chi connectivity index (χ1v) is 5.52. The third kappa shape index (κ3) is 2.47. The summed E-state index contributed by atoms with van der Waals surface area (Å²) in [5.74, 6) is -0.713. The highest BCUT2D eigenvalue weighted by Crippen LogP contribution is 2.17. The lowest BCUT2D eigenvalue weighted by Crippen LogP contribution is -2.52. The summed E-state index contributed by atoms with van der Waals surface area (Å²) < 4.78 is 5.06. The van der Waals surface area contributed by atoms with Crippen LogP contribution in [0, 0.1) is 0 Å². The van der Waals surface area contributed by atoms with E-state index in [4.69, 9.17) is 4.74 Å². The number of nitrogens with zero attached hydrogens (tertiary/aromatic N) is 1. The number of nitrogens with one attached hydrogen (secondary N) is 1. The molecule has 0 bridgehead atoms. The van der Waals surface area contributed by atoms with Gasteiger partial charge in [0, 0.05) is 7.05 Å². The van der Waals surface area contributed by atoms with E-state index in [0.29, 0.717) is 11.3 Å². The zero-order valence-electron chi connectivity index (χ0n) is 10.5. The maximum atomic E-state index is 11.8. The molecule has 2 rings (SSSR count). The molecule has 0 aromatic heterocycles. The lowest BCUT2D eigenvalue weighted by atomic mass is 10.1. The Bertz CT molecular complexity index is 592. The van der Waals surface area contributed by atoms with Gasteiger partial charge in [0.2, 0.25) is 0 Å². The van der Waals surface area contributed by atoms with Gasteiger partial charge >= 0.3 is 6.03 Å². The highest BCUT2D eigenvalue weighted by molar-refractivity contribution is 6.30. The van der Waals surface area contributed by atoms with Crippen LogP contribution in [-0.2, 0) is 9.59 Å².